The van der Waals surface area contributed by atoms with E-state index in [2.05, 4.69) is 20.4 Å². The number of aliphatic carboxylic acids is 2. The standard InChI is InChI=1S/C18H22F2N4O2.2C2HF3O2/c19-18(20)8-14(9-18)22-16(25)15-10-17(26-23-15)5-3-7-24(12-17)11-13-4-1-2-6-21-13;2*3-2(4,5)1(6)7/h1-2,4,6,14H,3,5,7-12H2,(H,22,25);2*(H,6,7). The summed E-state index contributed by atoms with van der Waals surface area (Å²) < 4.78 is 89.3. The van der Waals surface area contributed by atoms with E-state index in [1.54, 1.807) is 6.20 Å². The van der Waals surface area contributed by atoms with Crippen LogP contribution in [0.3, 0.4) is 0 Å². The molecule has 1 saturated heterocycles. The van der Waals surface area contributed by atoms with Crippen molar-refractivity contribution in [3.05, 3.63) is 30.1 Å². The fourth-order valence-electron chi connectivity index (χ4n) is 3.94. The van der Waals surface area contributed by atoms with Gasteiger partial charge in [0.1, 0.15) is 5.71 Å². The summed E-state index contributed by atoms with van der Waals surface area (Å²) in [5.74, 6) is -8.55. The number of hydrogen-bond donors (Lipinski definition) is 3. The molecule has 0 bridgehead atoms. The molecule has 1 saturated carbocycles. The molecule has 224 valence electrons. The number of likely N-dealkylation sites (tertiary alicyclic amines) is 1. The van der Waals surface area contributed by atoms with Crippen molar-refractivity contribution in [2.45, 2.75) is 68.6 Å². The van der Waals surface area contributed by atoms with E-state index < -0.39 is 41.9 Å². The molecule has 1 unspecified atom stereocenters. The fraction of sp³-hybridized carbons (Fsp3) is 0.591. The van der Waals surface area contributed by atoms with Crippen LogP contribution in [0.15, 0.2) is 29.6 Å². The minimum absolute atomic E-state index is 0.296. The molecule has 0 radical (unpaired) electrons. The van der Waals surface area contributed by atoms with E-state index in [0.29, 0.717) is 18.7 Å². The number of oxime groups is 1. The normalized spacial score (nSPS) is 22.4. The van der Waals surface area contributed by atoms with Crippen LogP contribution in [0, 0.1) is 0 Å². The smallest absolute Gasteiger partial charge is 0.475 e. The first kappa shape index (κ1) is 32.6. The van der Waals surface area contributed by atoms with Crippen LogP contribution in [0.25, 0.3) is 0 Å². The Hall–Kier alpha value is -3.57. The van der Waals surface area contributed by atoms with E-state index in [1.165, 1.54) is 0 Å². The molecule has 18 heteroatoms. The van der Waals surface area contributed by atoms with Crippen LogP contribution in [0.2, 0.25) is 0 Å². The lowest BCUT2D eigenvalue weighted by Gasteiger charge is -2.38. The van der Waals surface area contributed by atoms with Crippen LogP contribution in [0.5, 0.6) is 0 Å². The average Bonchev–Trinajstić information content (AvgIpc) is 3.21. The van der Waals surface area contributed by atoms with Crippen molar-refractivity contribution in [1.82, 2.24) is 15.2 Å². The Morgan fingerprint density at radius 1 is 1.05 bits per heavy atom. The van der Waals surface area contributed by atoms with Crippen LogP contribution in [-0.2, 0) is 25.8 Å². The summed E-state index contributed by atoms with van der Waals surface area (Å²) in [6.07, 6.45) is -6.79. The quantitative estimate of drug-likeness (QED) is 0.452. The topological polar surface area (TPSA) is 141 Å². The number of nitrogens with zero attached hydrogens (tertiary/aromatic N) is 3. The number of carboxylic acids is 2. The lowest BCUT2D eigenvalue weighted by molar-refractivity contribution is -0.193. The second-order valence-electron chi connectivity index (χ2n) is 9.16. The maximum atomic E-state index is 12.9. The number of carboxylic acid groups (broad SMARTS) is 2. The predicted molar refractivity (Wildman–Crippen MR) is 118 cm³/mol. The van der Waals surface area contributed by atoms with Gasteiger partial charge in [0.2, 0.25) is 0 Å². The molecule has 1 atom stereocenters. The Kier molecular flexibility index (Phi) is 10.4. The monoisotopic (exact) mass is 592 g/mol. The van der Waals surface area contributed by atoms with Gasteiger partial charge >= 0.3 is 24.3 Å². The maximum Gasteiger partial charge on any atom is 0.490 e. The van der Waals surface area contributed by atoms with Crippen molar-refractivity contribution in [2.75, 3.05) is 13.1 Å². The molecule has 4 rings (SSSR count). The molecule has 1 spiro atoms. The Bertz CT molecular complexity index is 1050. The van der Waals surface area contributed by atoms with Gasteiger partial charge in [-0.15, -0.1) is 0 Å². The van der Waals surface area contributed by atoms with Crippen LogP contribution in [0.1, 0.15) is 37.8 Å². The lowest BCUT2D eigenvalue weighted by Crippen LogP contribution is -2.53. The Morgan fingerprint density at radius 3 is 2.10 bits per heavy atom. The number of alkyl halides is 8. The number of pyridine rings is 1. The van der Waals surface area contributed by atoms with Crippen molar-refractivity contribution in [2.24, 2.45) is 5.16 Å². The first-order valence-electron chi connectivity index (χ1n) is 11.5. The number of carbonyl (C=O) groups is 3. The summed E-state index contributed by atoms with van der Waals surface area (Å²) in [5.41, 5.74) is 0.802. The number of piperidine rings is 1. The van der Waals surface area contributed by atoms with Crippen LogP contribution >= 0.6 is 0 Å². The summed E-state index contributed by atoms with van der Waals surface area (Å²) in [6, 6.07) is 5.37. The molecular formula is C22H24F8N4O6. The molecule has 3 aliphatic rings. The molecule has 2 aliphatic heterocycles. The van der Waals surface area contributed by atoms with Gasteiger partial charge in [-0.25, -0.2) is 18.4 Å². The van der Waals surface area contributed by atoms with Crippen molar-refractivity contribution < 1.29 is 64.6 Å². The van der Waals surface area contributed by atoms with Crippen LogP contribution in [-0.4, -0.2) is 86.7 Å². The van der Waals surface area contributed by atoms with E-state index in [4.69, 9.17) is 24.6 Å². The third kappa shape index (κ3) is 10.2. The van der Waals surface area contributed by atoms with Gasteiger partial charge in [-0.3, -0.25) is 14.7 Å². The third-order valence-corrected chi connectivity index (χ3v) is 5.74. The summed E-state index contributed by atoms with van der Waals surface area (Å²) in [7, 11) is 0. The highest BCUT2D eigenvalue weighted by atomic mass is 19.4. The second-order valence-corrected chi connectivity index (χ2v) is 9.16. The number of amides is 1. The molecular weight excluding hydrogens is 568 g/mol. The van der Waals surface area contributed by atoms with Gasteiger partial charge in [-0.05, 0) is 31.5 Å². The van der Waals surface area contributed by atoms with Gasteiger partial charge in [0.25, 0.3) is 11.8 Å². The first-order valence-corrected chi connectivity index (χ1v) is 11.5. The largest absolute Gasteiger partial charge is 0.490 e. The molecule has 1 aliphatic carbocycles. The Balaban J connectivity index is 0.000000333. The molecule has 1 aromatic rings. The minimum Gasteiger partial charge on any atom is -0.475 e. The zero-order chi connectivity index (χ0) is 30.4. The number of aromatic nitrogens is 1. The van der Waals surface area contributed by atoms with Gasteiger partial charge < -0.3 is 20.4 Å². The van der Waals surface area contributed by atoms with Crippen LogP contribution < -0.4 is 5.32 Å². The van der Waals surface area contributed by atoms with Crippen molar-refractivity contribution >= 4 is 23.6 Å². The van der Waals surface area contributed by atoms with E-state index in [9.17, 15) is 39.9 Å². The number of nitrogens with one attached hydrogen (secondary N) is 1. The minimum atomic E-state index is -5.08. The molecule has 40 heavy (non-hydrogen) atoms. The molecule has 1 aromatic heterocycles. The maximum absolute atomic E-state index is 12.9. The summed E-state index contributed by atoms with van der Waals surface area (Å²) >= 11 is 0. The van der Waals surface area contributed by atoms with Gasteiger partial charge in [0.05, 0.1) is 5.69 Å². The van der Waals surface area contributed by atoms with Gasteiger partial charge in [-0.2, -0.15) is 26.3 Å². The molecule has 3 N–H and O–H groups in total. The molecule has 2 fully saturated rings. The van der Waals surface area contributed by atoms with E-state index in [-0.39, 0.29) is 18.7 Å². The summed E-state index contributed by atoms with van der Waals surface area (Å²) in [6.45, 7) is 2.34. The molecule has 1 amide bonds. The van der Waals surface area contributed by atoms with Gasteiger partial charge in [-0.1, -0.05) is 11.2 Å². The van der Waals surface area contributed by atoms with Gasteiger partial charge in [0.15, 0.2) is 5.60 Å². The summed E-state index contributed by atoms with van der Waals surface area (Å²) in [5, 5.41) is 20.9. The number of halogens is 8. The van der Waals surface area contributed by atoms with Crippen molar-refractivity contribution in [3.63, 3.8) is 0 Å². The van der Waals surface area contributed by atoms with Crippen molar-refractivity contribution in [3.8, 4) is 0 Å². The second kappa shape index (κ2) is 12.7. The lowest BCUT2D eigenvalue weighted by atomic mass is 9.86. The third-order valence-electron chi connectivity index (χ3n) is 5.74. The van der Waals surface area contributed by atoms with Gasteiger partial charge in [0, 0.05) is 44.6 Å². The number of rotatable bonds is 4. The predicted octanol–water partition coefficient (Wildman–Crippen LogP) is 3.37. The SMILES string of the molecule is O=C(NC1CC(F)(F)C1)C1=NOC2(CCCN(Cc3ccccn3)C2)C1.O=C(O)C(F)(F)F.O=C(O)C(F)(F)F. The van der Waals surface area contributed by atoms with E-state index >= 15 is 0 Å². The highest BCUT2D eigenvalue weighted by Crippen LogP contribution is 2.38. The average molecular weight is 592 g/mol. The zero-order valence-corrected chi connectivity index (χ0v) is 20.4. The number of carbonyl (C=O) groups excluding carboxylic acids is 1. The molecule has 10 nitrogen and oxygen atoms in total. The molecule has 0 aromatic carbocycles. The highest BCUT2D eigenvalue weighted by molar-refractivity contribution is 6.39. The number of hydrogen-bond acceptors (Lipinski definition) is 7. The molecule has 3 heterocycles. The Morgan fingerprint density at radius 2 is 1.62 bits per heavy atom. The van der Waals surface area contributed by atoms with Crippen molar-refractivity contribution in [1.29, 1.82) is 0 Å². The summed E-state index contributed by atoms with van der Waals surface area (Å²) in [4.78, 5) is 42.3. The highest BCUT2D eigenvalue weighted by Gasteiger charge is 2.48. The van der Waals surface area contributed by atoms with E-state index in [1.807, 2.05) is 18.2 Å². The van der Waals surface area contributed by atoms with E-state index in [0.717, 1.165) is 31.6 Å². The first-order chi connectivity index (χ1) is 18.3. The fourth-order valence-corrected chi connectivity index (χ4v) is 3.94. The Labute approximate surface area is 221 Å². The van der Waals surface area contributed by atoms with Crippen LogP contribution in [0.4, 0.5) is 35.1 Å². The zero-order valence-electron chi connectivity index (χ0n) is 20.4.